The number of nitrogens with zero attached hydrogens (tertiary/aromatic N) is 1. The number of rotatable bonds is 4. The monoisotopic (exact) mass is 394 g/mol. The number of nitrogens with one attached hydrogen (secondary N) is 1. The first-order valence-corrected chi connectivity index (χ1v) is 9.86. The molecule has 138 valence electrons. The summed E-state index contributed by atoms with van der Waals surface area (Å²) in [7, 11) is -2.53. The maximum atomic E-state index is 13.4. The second-order valence-electron chi connectivity index (χ2n) is 6.02. The lowest BCUT2D eigenvalue weighted by Gasteiger charge is -2.34. The zero-order valence-electron chi connectivity index (χ0n) is 14.4. The summed E-state index contributed by atoms with van der Waals surface area (Å²) in [4.78, 5) is 12.6. The molecule has 0 bridgehead atoms. The standard InChI is InChI=1S/C18H19ClN2O4S/c1-12-3-8-15(25-2)16(11-12)26(23,24)21-10-9-20-18(22)17(21)13-4-6-14(19)7-5-13/h3-8,11,17H,9-10H2,1-2H3,(H,20,22). The number of benzene rings is 2. The van der Waals surface area contributed by atoms with E-state index < -0.39 is 16.1 Å². The molecule has 0 aromatic heterocycles. The van der Waals surface area contributed by atoms with Gasteiger partial charge in [-0.3, -0.25) is 4.79 Å². The van der Waals surface area contributed by atoms with Gasteiger partial charge in [-0.15, -0.1) is 0 Å². The summed E-state index contributed by atoms with van der Waals surface area (Å²) in [5.41, 5.74) is 1.34. The van der Waals surface area contributed by atoms with E-state index >= 15 is 0 Å². The van der Waals surface area contributed by atoms with Gasteiger partial charge in [-0.1, -0.05) is 29.8 Å². The minimum Gasteiger partial charge on any atom is -0.495 e. The van der Waals surface area contributed by atoms with Crippen LogP contribution in [0.4, 0.5) is 0 Å². The summed E-state index contributed by atoms with van der Waals surface area (Å²) in [6.45, 7) is 2.22. The van der Waals surface area contributed by atoms with Crippen molar-refractivity contribution in [2.45, 2.75) is 17.9 Å². The molecule has 1 aliphatic heterocycles. The number of halogens is 1. The number of piperazine rings is 1. The van der Waals surface area contributed by atoms with E-state index in [1.165, 1.54) is 11.4 Å². The van der Waals surface area contributed by atoms with Crippen LogP contribution in [-0.4, -0.2) is 38.8 Å². The second-order valence-corrected chi connectivity index (χ2v) is 8.31. The number of hydrogen-bond donors (Lipinski definition) is 1. The smallest absolute Gasteiger partial charge is 0.247 e. The van der Waals surface area contributed by atoms with Crippen LogP contribution in [0.3, 0.4) is 0 Å². The van der Waals surface area contributed by atoms with Crippen LogP contribution in [0.15, 0.2) is 47.4 Å². The number of ether oxygens (including phenoxy) is 1. The topological polar surface area (TPSA) is 75.7 Å². The molecule has 1 saturated heterocycles. The fourth-order valence-electron chi connectivity index (χ4n) is 2.98. The van der Waals surface area contributed by atoms with Crippen molar-refractivity contribution in [2.75, 3.05) is 20.2 Å². The van der Waals surface area contributed by atoms with Crippen molar-refractivity contribution in [1.29, 1.82) is 0 Å². The normalized spacial score (nSPS) is 18.4. The number of sulfonamides is 1. The Bertz CT molecular complexity index is 929. The van der Waals surface area contributed by atoms with Crippen LogP contribution in [0.5, 0.6) is 5.75 Å². The predicted molar refractivity (Wildman–Crippen MR) is 98.8 cm³/mol. The molecule has 0 aliphatic carbocycles. The summed E-state index contributed by atoms with van der Waals surface area (Å²) in [6.07, 6.45) is 0. The molecule has 1 heterocycles. The summed E-state index contributed by atoms with van der Waals surface area (Å²) < 4.78 is 33.2. The maximum Gasteiger partial charge on any atom is 0.247 e. The van der Waals surface area contributed by atoms with Gasteiger partial charge in [-0.25, -0.2) is 8.42 Å². The number of aryl methyl sites for hydroxylation is 1. The minimum atomic E-state index is -3.95. The molecule has 1 N–H and O–H groups in total. The SMILES string of the molecule is COc1ccc(C)cc1S(=O)(=O)N1CCNC(=O)C1c1ccc(Cl)cc1. The quantitative estimate of drug-likeness (QED) is 0.864. The van der Waals surface area contributed by atoms with Gasteiger partial charge in [0.2, 0.25) is 15.9 Å². The van der Waals surface area contributed by atoms with Gasteiger partial charge in [0, 0.05) is 18.1 Å². The van der Waals surface area contributed by atoms with E-state index in [-0.39, 0.29) is 29.6 Å². The molecule has 8 heteroatoms. The number of amides is 1. The van der Waals surface area contributed by atoms with Crippen LogP contribution < -0.4 is 10.1 Å². The van der Waals surface area contributed by atoms with Gasteiger partial charge in [0.25, 0.3) is 0 Å². The largest absolute Gasteiger partial charge is 0.495 e. The maximum absolute atomic E-state index is 13.4. The third kappa shape index (κ3) is 3.42. The molecule has 1 amide bonds. The number of carbonyl (C=O) groups is 1. The van der Waals surface area contributed by atoms with Crippen LogP contribution in [0.25, 0.3) is 0 Å². The Hall–Kier alpha value is -2.09. The van der Waals surface area contributed by atoms with Gasteiger partial charge < -0.3 is 10.1 Å². The summed E-state index contributed by atoms with van der Waals surface area (Å²) in [5, 5.41) is 3.24. The zero-order valence-corrected chi connectivity index (χ0v) is 16.0. The highest BCUT2D eigenvalue weighted by Gasteiger charge is 2.40. The van der Waals surface area contributed by atoms with Gasteiger partial charge in [0.1, 0.15) is 16.7 Å². The van der Waals surface area contributed by atoms with Crippen LogP contribution in [0.2, 0.25) is 5.02 Å². The van der Waals surface area contributed by atoms with Crippen LogP contribution in [0.1, 0.15) is 17.2 Å². The molecule has 6 nitrogen and oxygen atoms in total. The molecule has 1 unspecified atom stereocenters. The average molecular weight is 395 g/mol. The summed E-state index contributed by atoms with van der Waals surface area (Å²) in [5.74, 6) is -0.120. The van der Waals surface area contributed by atoms with E-state index in [0.717, 1.165) is 5.56 Å². The first-order chi connectivity index (χ1) is 12.3. The first-order valence-electron chi connectivity index (χ1n) is 8.04. The molecule has 3 rings (SSSR count). The van der Waals surface area contributed by atoms with E-state index in [4.69, 9.17) is 16.3 Å². The Balaban J connectivity index is 2.11. The van der Waals surface area contributed by atoms with Crippen LogP contribution in [-0.2, 0) is 14.8 Å². The van der Waals surface area contributed by atoms with Crippen molar-refractivity contribution in [3.05, 3.63) is 58.6 Å². The minimum absolute atomic E-state index is 0.0497. The molecule has 2 aromatic carbocycles. The number of methoxy groups -OCH3 is 1. The zero-order chi connectivity index (χ0) is 18.9. The Morgan fingerprint density at radius 2 is 1.88 bits per heavy atom. The molecule has 26 heavy (non-hydrogen) atoms. The lowest BCUT2D eigenvalue weighted by Crippen LogP contribution is -2.52. The van der Waals surface area contributed by atoms with E-state index in [9.17, 15) is 13.2 Å². The van der Waals surface area contributed by atoms with Crippen molar-refractivity contribution >= 4 is 27.5 Å². The summed E-state index contributed by atoms with van der Waals surface area (Å²) in [6, 6.07) is 10.6. The Labute approximate surface area is 157 Å². The Morgan fingerprint density at radius 1 is 1.19 bits per heavy atom. The van der Waals surface area contributed by atoms with Gasteiger partial charge in [-0.05, 0) is 42.3 Å². The van der Waals surface area contributed by atoms with Crippen LogP contribution in [0, 0.1) is 6.92 Å². The molecule has 1 atom stereocenters. The Morgan fingerprint density at radius 3 is 2.54 bits per heavy atom. The number of carbonyl (C=O) groups excluding carboxylic acids is 1. The lowest BCUT2D eigenvalue weighted by molar-refractivity contribution is -0.126. The van der Waals surface area contributed by atoms with Crippen molar-refractivity contribution < 1.29 is 17.9 Å². The molecule has 1 aliphatic rings. The molecule has 0 radical (unpaired) electrons. The molecule has 0 saturated carbocycles. The van der Waals surface area contributed by atoms with Gasteiger partial charge in [0.15, 0.2) is 0 Å². The second kappa shape index (κ2) is 7.26. The highest BCUT2D eigenvalue weighted by Crippen LogP contribution is 2.34. The molecule has 2 aromatic rings. The van der Waals surface area contributed by atoms with Crippen molar-refractivity contribution in [2.24, 2.45) is 0 Å². The lowest BCUT2D eigenvalue weighted by atomic mass is 10.1. The van der Waals surface area contributed by atoms with E-state index in [1.807, 2.05) is 0 Å². The van der Waals surface area contributed by atoms with Crippen molar-refractivity contribution in [1.82, 2.24) is 9.62 Å². The third-order valence-electron chi connectivity index (χ3n) is 4.26. The van der Waals surface area contributed by atoms with Crippen LogP contribution >= 0.6 is 11.6 Å². The van der Waals surface area contributed by atoms with Crippen molar-refractivity contribution in [3.8, 4) is 5.75 Å². The highest BCUT2D eigenvalue weighted by molar-refractivity contribution is 7.89. The fraction of sp³-hybridized carbons (Fsp3) is 0.278. The van der Waals surface area contributed by atoms with Gasteiger partial charge in [-0.2, -0.15) is 4.31 Å². The molecular weight excluding hydrogens is 376 g/mol. The Kier molecular flexibility index (Phi) is 5.22. The molecule has 1 fully saturated rings. The summed E-state index contributed by atoms with van der Waals surface area (Å²) >= 11 is 5.92. The number of hydrogen-bond acceptors (Lipinski definition) is 4. The predicted octanol–water partition coefficient (Wildman–Crippen LogP) is 2.52. The molecular formula is C18H19ClN2O4S. The molecule has 0 spiro atoms. The van der Waals surface area contributed by atoms with E-state index in [2.05, 4.69) is 5.32 Å². The van der Waals surface area contributed by atoms with Gasteiger partial charge >= 0.3 is 0 Å². The fourth-order valence-corrected chi connectivity index (χ4v) is 4.93. The first kappa shape index (κ1) is 18.7. The third-order valence-corrected chi connectivity index (χ3v) is 6.40. The highest BCUT2D eigenvalue weighted by atomic mass is 35.5. The average Bonchev–Trinajstić information content (AvgIpc) is 2.62. The van der Waals surface area contributed by atoms with Crippen molar-refractivity contribution in [3.63, 3.8) is 0 Å². The van der Waals surface area contributed by atoms with Gasteiger partial charge in [0.05, 0.1) is 7.11 Å². The van der Waals surface area contributed by atoms with E-state index in [0.29, 0.717) is 10.6 Å². The van der Waals surface area contributed by atoms with E-state index in [1.54, 1.807) is 49.4 Å².